The molecule has 1 aromatic rings. The molecule has 1 aromatic carbocycles. The van der Waals surface area contributed by atoms with Crippen molar-refractivity contribution in [2.75, 3.05) is 16.8 Å². The van der Waals surface area contributed by atoms with Crippen LogP contribution in [-0.4, -0.2) is 23.6 Å². The second-order valence-electron chi connectivity index (χ2n) is 6.66. The summed E-state index contributed by atoms with van der Waals surface area (Å²) in [4.78, 5) is 13.6. The molecule has 0 radical (unpaired) electrons. The van der Waals surface area contributed by atoms with Gasteiger partial charge in [-0.15, -0.1) is 0 Å². The monoisotopic (exact) mass is 331 g/mol. The van der Waals surface area contributed by atoms with E-state index < -0.39 is 0 Å². The first-order chi connectivity index (χ1) is 11.1. The minimum absolute atomic E-state index is 0.217. The Kier molecular flexibility index (Phi) is 5.16. The third kappa shape index (κ3) is 4.02. The Balaban J connectivity index is 1.55. The van der Waals surface area contributed by atoms with Crippen LogP contribution >= 0.6 is 12.2 Å². The van der Waals surface area contributed by atoms with Crippen molar-refractivity contribution in [2.45, 2.75) is 51.5 Å². The summed E-state index contributed by atoms with van der Waals surface area (Å²) in [7, 11) is 0. The quantitative estimate of drug-likeness (QED) is 0.829. The lowest BCUT2D eigenvalue weighted by Crippen LogP contribution is -2.43. The van der Waals surface area contributed by atoms with Crippen LogP contribution in [0.25, 0.3) is 0 Å². The molecule has 1 saturated heterocycles. The van der Waals surface area contributed by atoms with Crippen molar-refractivity contribution < 1.29 is 4.79 Å². The average molecular weight is 331 g/mol. The average Bonchev–Trinajstić information content (AvgIpc) is 2.96. The van der Waals surface area contributed by atoms with Crippen molar-refractivity contribution in [1.29, 1.82) is 0 Å². The van der Waals surface area contributed by atoms with Crippen LogP contribution in [0.15, 0.2) is 24.3 Å². The molecule has 2 N–H and O–H groups in total. The van der Waals surface area contributed by atoms with Crippen LogP contribution in [0.2, 0.25) is 0 Å². The van der Waals surface area contributed by atoms with E-state index >= 15 is 0 Å². The Morgan fingerprint density at radius 2 is 1.91 bits per heavy atom. The van der Waals surface area contributed by atoms with E-state index in [1.807, 2.05) is 29.2 Å². The van der Waals surface area contributed by atoms with Crippen LogP contribution in [0.1, 0.15) is 45.4 Å². The van der Waals surface area contributed by atoms with Gasteiger partial charge in [-0.1, -0.05) is 19.8 Å². The second kappa shape index (κ2) is 7.30. The molecule has 0 spiro atoms. The molecule has 1 saturated carbocycles. The highest BCUT2D eigenvalue weighted by atomic mass is 32.1. The molecule has 124 valence electrons. The van der Waals surface area contributed by atoms with Gasteiger partial charge in [-0.3, -0.25) is 4.79 Å². The predicted octanol–water partition coefficient (Wildman–Crippen LogP) is 3.68. The standard InChI is InChI=1S/C18H25N3OS/c1-13-5-2-3-6-16(13)20-18(23)19-14-8-10-15(11-9-14)21-12-4-7-17(21)22/h8-11,13,16H,2-7,12H2,1H3,(H2,19,20,23)/t13-,16+/m1/s1. The fraction of sp³-hybridized carbons (Fsp3) is 0.556. The molecular formula is C18H25N3OS. The van der Waals surface area contributed by atoms with E-state index in [9.17, 15) is 4.79 Å². The number of rotatable bonds is 3. The molecule has 1 amide bonds. The summed E-state index contributed by atoms with van der Waals surface area (Å²) in [6.07, 6.45) is 6.69. The molecule has 0 bridgehead atoms. The van der Waals surface area contributed by atoms with E-state index in [0.29, 0.717) is 23.5 Å². The van der Waals surface area contributed by atoms with Gasteiger partial charge in [0.1, 0.15) is 0 Å². The summed E-state index contributed by atoms with van der Waals surface area (Å²) in [6, 6.07) is 8.41. The van der Waals surface area contributed by atoms with E-state index in [4.69, 9.17) is 12.2 Å². The smallest absolute Gasteiger partial charge is 0.227 e. The Bertz CT molecular complexity index is 572. The first-order valence-corrected chi connectivity index (χ1v) is 9.02. The molecule has 1 aliphatic heterocycles. The summed E-state index contributed by atoms with van der Waals surface area (Å²) >= 11 is 5.44. The number of benzene rings is 1. The third-order valence-electron chi connectivity index (χ3n) is 4.94. The largest absolute Gasteiger partial charge is 0.359 e. The van der Waals surface area contributed by atoms with Crippen molar-refractivity contribution in [3.63, 3.8) is 0 Å². The number of amides is 1. The number of nitrogens with one attached hydrogen (secondary N) is 2. The minimum Gasteiger partial charge on any atom is -0.359 e. The van der Waals surface area contributed by atoms with Gasteiger partial charge >= 0.3 is 0 Å². The van der Waals surface area contributed by atoms with Gasteiger partial charge in [-0.2, -0.15) is 0 Å². The normalized spacial score (nSPS) is 24.6. The first kappa shape index (κ1) is 16.2. The molecule has 2 fully saturated rings. The fourth-order valence-electron chi connectivity index (χ4n) is 3.51. The van der Waals surface area contributed by atoms with Gasteiger partial charge in [0, 0.05) is 30.4 Å². The Labute approximate surface area is 143 Å². The molecule has 4 nitrogen and oxygen atoms in total. The summed E-state index contributed by atoms with van der Waals surface area (Å²) in [5.74, 6) is 0.890. The van der Waals surface area contributed by atoms with E-state index in [2.05, 4.69) is 17.6 Å². The maximum atomic E-state index is 11.8. The van der Waals surface area contributed by atoms with Gasteiger partial charge in [0.15, 0.2) is 5.11 Å². The van der Waals surface area contributed by atoms with Crippen molar-refractivity contribution in [3.8, 4) is 0 Å². The van der Waals surface area contributed by atoms with Gasteiger partial charge in [0.05, 0.1) is 0 Å². The molecule has 1 heterocycles. The SMILES string of the molecule is C[C@@H]1CCCC[C@@H]1NC(=S)Nc1ccc(N2CCCC2=O)cc1. The van der Waals surface area contributed by atoms with E-state index in [1.54, 1.807) is 0 Å². The van der Waals surface area contributed by atoms with Crippen LogP contribution in [0.4, 0.5) is 11.4 Å². The highest BCUT2D eigenvalue weighted by molar-refractivity contribution is 7.80. The summed E-state index contributed by atoms with van der Waals surface area (Å²) < 4.78 is 0. The van der Waals surface area contributed by atoms with Crippen LogP contribution < -0.4 is 15.5 Å². The maximum absolute atomic E-state index is 11.8. The van der Waals surface area contributed by atoms with Crippen LogP contribution in [0, 0.1) is 5.92 Å². The Hall–Kier alpha value is -1.62. The molecule has 3 rings (SSSR count). The lowest BCUT2D eigenvalue weighted by Gasteiger charge is -2.30. The number of thiocarbonyl (C=S) groups is 1. The topological polar surface area (TPSA) is 44.4 Å². The molecule has 2 atom stereocenters. The lowest BCUT2D eigenvalue weighted by molar-refractivity contribution is -0.117. The van der Waals surface area contributed by atoms with Crippen LogP contribution in [0.3, 0.4) is 0 Å². The van der Waals surface area contributed by atoms with Crippen molar-refractivity contribution >= 4 is 34.6 Å². The highest BCUT2D eigenvalue weighted by Crippen LogP contribution is 2.25. The number of anilines is 2. The maximum Gasteiger partial charge on any atom is 0.227 e. The lowest BCUT2D eigenvalue weighted by atomic mass is 9.86. The Morgan fingerprint density at radius 3 is 2.57 bits per heavy atom. The van der Waals surface area contributed by atoms with Gasteiger partial charge < -0.3 is 15.5 Å². The van der Waals surface area contributed by atoms with Crippen LogP contribution in [0.5, 0.6) is 0 Å². The van der Waals surface area contributed by atoms with E-state index in [0.717, 1.165) is 24.3 Å². The predicted molar refractivity (Wildman–Crippen MR) is 98.8 cm³/mol. The Morgan fingerprint density at radius 1 is 1.17 bits per heavy atom. The first-order valence-electron chi connectivity index (χ1n) is 8.61. The van der Waals surface area contributed by atoms with Crippen molar-refractivity contribution in [1.82, 2.24) is 5.32 Å². The number of carbonyl (C=O) groups excluding carboxylic acids is 1. The summed E-state index contributed by atoms with van der Waals surface area (Å²) in [5, 5.41) is 7.39. The number of hydrogen-bond acceptors (Lipinski definition) is 2. The molecule has 0 unspecified atom stereocenters. The van der Waals surface area contributed by atoms with E-state index in [1.165, 1.54) is 25.7 Å². The minimum atomic E-state index is 0.217. The van der Waals surface area contributed by atoms with Crippen molar-refractivity contribution in [2.24, 2.45) is 5.92 Å². The second-order valence-corrected chi connectivity index (χ2v) is 7.07. The zero-order chi connectivity index (χ0) is 16.2. The molecule has 0 aromatic heterocycles. The summed E-state index contributed by atoms with van der Waals surface area (Å²) in [6.45, 7) is 3.12. The zero-order valence-corrected chi connectivity index (χ0v) is 14.5. The van der Waals surface area contributed by atoms with Gasteiger partial charge in [-0.05, 0) is 61.7 Å². The number of hydrogen-bond donors (Lipinski definition) is 2. The summed E-state index contributed by atoms with van der Waals surface area (Å²) in [5.41, 5.74) is 1.93. The molecule has 2 aliphatic rings. The van der Waals surface area contributed by atoms with Gasteiger partial charge in [0.2, 0.25) is 5.91 Å². The van der Waals surface area contributed by atoms with E-state index in [-0.39, 0.29) is 5.91 Å². The third-order valence-corrected chi connectivity index (χ3v) is 5.16. The molecular weight excluding hydrogens is 306 g/mol. The zero-order valence-electron chi connectivity index (χ0n) is 13.7. The van der Waals surface area contributed by atoms with Crippen molar-refractivity contribution in [3.05, 3.63) is 24.3 Å². The van der Waals surface area contributed by atoms with Crippen LogP contribution in [-0.2, 0) is 4.79 Å². The number of carbonyl (C=O) groups is 1. The molecule has 1 aliphatic carbocycles. The van der Waals surface area contributed by atoms with Gasteiger partial charge in [0.25, 0.3) is 0 Å². The molecule has 5 heteroatoms. The highest BCUT2D eigenvalue weighted by Gasteiger charge is 2.22. The fourth-order valence-corrected chi connectivity index (χ4v) is 3.78. The van der Waals surface area contributed by atoms with Gasteiger partial charge in [-0.25, -0.2) is 0 Å². The number of nitrogens with zero attached hydrogens (tertiary/aromatic N) is 1. The molecule has 23 heavy (non-hydrogen) atoms.